The number of hydrogen-bond donors (Lipinski definition) is 2. The molecule has 0 aliphatic heterocycles. The van der Waals surface area contributed by atoms with Gasteiger partial charge in [-0.25, -0.2) is 4.98 Å². The molecule has 1 heterocycles. The molecule has 2 N–H and O–H groups in total. The highest BCUT2D eigenvalue weighted by molar-refractivity contribution is 8.01. The number of thioether (sulfide) groups is 1. The van der Waals surface area contributed by atoms with Crippen molar-refractivity contribution in [1.82, 2.24) is 9.97 Å². The number of aromatic hydroxyl groups is 1. The molecule has 0 atom stereocenters. The van der Waals surface area contributed by atoms with Gasteiger partial charge >= 0.3 is 0 Å². The zero-order chi connectivity index (χ0) is 15.2. The van der Waals surface area contributed by atoms with Crippen LogP contribution in [-0.2, 0) is 5.75 Å². The molecule has 0 unspecified atom stereocenters. The van der Waals surface area contributed by atoms with Crippen molar-refractivity contribution in [3.8, 4) is 5.75 Å². The molecule has 0 radical (unpaired) electrons. The maximum Gasteiger partial charge on any atom is 0.138 e. The van der Waals surface area contributed by atoms with E-state index < -0.39 is 0 Å². The molecule has 1 aromatic heterocycles. The van der Waals surface area contributed by atoms with Crippen molar-refractivity contribution in [2.24, 2.45) is 0 Å². The molecule has 0 saturated heterocycles. The molecule has 3 aromatic rings. The minimum absolute atomic E-state index is 0.255. The number of nitrogens with one attached hydrogen (secondary N) is 1. The first-order valence-electron chi connectivity index (χ1n) is 6.98. The van der Waals surface area contributed by atoms with E-state index in [2.05, 4.69) is 22.1 Å². The van der Waals surface area contributed by atoms with E-state index >= 15 is 0 Å². The van der Waals surface area contributed by atoms with E-state index in [1.807, 2.05) is 41.8 Å². The molecule has 3 rings (SSSR count). The molecule has 0 aliphatic carbocycles. The number of rotatable bonds is 5. The first-order chi connectivity index (χ1) is 10.8. The molecule has 0 amide bonds. The Bertz CT molecular complexity index is 752. The minimum atomic E-state index is 0.255. The standard InChI is InChI=1S/C18H16N2OS/c21-17-9-5-4-8-15(17)16(18-19-10-11-20-18)13-22-12-14-6-2-1-3-7-14/h1-11,13,21H,12H2,(H,19,20)/b16-13-. The molecule has 3 nitrogen and oxygen atoms in total. The summed E-state index contributed by atoms with van der Waals surface area (Å²) in [6, 6.07) is 17.6. The van der Waals surface area contributed by atoms with Crippen LogP contribution in [0.1, 0.15) is 17.0 Å². The molecule has 22 heavy (non-hydrogen) atoms. The maximum absolute atomic E-state index is 10.1. The Morgan fingerprint density at radius 1 is 1.09 bits per heavy atom. The van der Waals surface area contributed by atoms with Crippen molar-refractivity contribution in [2.75, 3.05) is 0 Å². The van der Waals surface area contributed by atoms with Crippen LogP contribution in [0.5, 0.6) is 5.75 Å². The summed E-state index contributed by atoms with van der Waals surface area (Å²) in [4.78, 5) is 7.42. The molecule has 2 aromatic carbocycles. The summed E-state index contributed by atoms with van der Waals surface area (Å²) < 4.78 is 0. The van der Waals surface area contributed by atoms with Gasteiger partial charge in [0, 0.05) is 29.3 Å². The number of phenolic OH excluding ortho intramolecular Hbond substituents is 1. The zero-order valence-corrected chi connectivity index (χ0v) is 12.8. The Morgan fingerprint density at radius 2 is 1.86 bits per heavy atom. The Morgan fingerprint density at radius 3 is 2.59 bits per heavy atom. The van der Waals surface area contributed by atoms with E-state index in [4.69, 9.17) is 0 Å². The Kier molecular flexibility index (Phi) is 4.61. The summed E-state index contributed by atoms with van der Waals surface area (Å²) in [6.45, 7) is 0. The molecule has 4 heteroatoms. The van der Waals surface area contributed by atoms with Crippen molar-refractivity contribution in [2.45, 2.75) is 5.75 Å². The second-order valence-corrected chi connectivity index (χ2v) is 5.64. The fourth-order valence-corrected chi connectivity index (χ4v) is 3.03. The van der Waals surface area contributed by atoms with E-state index in [0.717, 1.165) is 22.7 Å². The van der Waals surface area contributed by atoms with Gasteiger partial charge in [-0.15, -0.1) is 11.8 Å². The van der Waals surface area contributed by atoms with Gasteiger partial charge in [-0.2, -0.15) is 0 Å². The second kappa shape index (κ2) is 7.00. The van der Waals surface area contributed by atoms with Crippen LogP contribution < -0.4 is 0 Å². The normalized spacial score (nSPS) is 11.5. The number of phenols is 1. The van der Waals surface area contributed by atoms with Crippen molar-refractivity contribution in [3.63, 3.8) is 0 Å². The van der Waals surface area contributed by atoms with Gasteiger partial charge in [-0.05, 0) is 17.0 Å². The van der Waals surface area contributed by atoms with Crippen molar-refractivity contribution in [1.29, 1.82) is 0 Å². The van der Waals surface area contributed by atoms with Crippen molar-refractivity contribution >= 4 is 17.3 Å². The van der Waals surface area contributed by atoms with Gasteiger partial charge in [0.15, 0.2) is 0 Å². The van der Waals surface area contributed by atoms with Gasteiger partial charge in [0.2, 0.25) is 0 Å². The van der Waals surface area contributed by atoms with Crippen molar-refractivity contribution in [3.05, 3.63) is 89.4 Å². The summed E-state index contributed by atoms with van der Waals surface area (Å²) in [5.41, 5.74) is 2.93. The van der Waals surface area contributed by atoms with Gasteiger partial charge in [0.25, 0.3) is 0 Å². The molecular formula is C18H16N2OS. The first kappa shape index (κ1) is 14.5. The molecule has 0 saturated carbocycles. The third-order valence-electron chi connectivity index (χ3n) is 3.24. The third-order valence-corrected chi connectivity index (χ3v) is 4.14. The fraction of sp³-hybridized carbons (Fsp3) is 0.0556. The summed E-state index contributed by atoms with van der Waals surface area (Å²) in [5.74, 6) is 1.88. The van der Waals surface area contributed by atoms with E-state index in [1.54, 1.807) is 30.2 Å². The highest BCUT2D eigenvalue weighted by atomic mass is 32.2. The third kappa shape index (κ3) is 3.40. The van der Waals surface area contributed by atoms with Crippen LogP contribution in [0.4, 0.5) is 0 Å². The van der Waals surface area contributed by atoms with Crippen molar-refractivity contribution < 1.29 is 5.11 Å². The number of aromatic nitrogens is 2. The number of benzene rings is 2. The summed E-state index contributed by atoms with van der Waals surface area (Å²) >= 11 is 1.68. The molecule has 0 spiro atoms. The average molecular weight is 308 g/mol. The quantitative estimate of drug-likeness (QED) is 0.732. The fourth-order valence-electron chi connectivity index (χ4n) is 2.16. The van der Waals surface area contributed by atoms with E-state index in [1.165, 1.54) is 5.56 Å². The Balaban J connectivity index is 1.86. The lowest BCUT2D eigenvalue weighted by Gasteiger charge is -2.07. The molecular weight excluding hydrogens is 292 g/mol. The lowest BCUT2D eigenvalue weighted by Crippen LogP contribution is -1.91. The maximum atomic E-state index is 10.1. The number of hydrogen-bond acceptors (Lipinski definition) is 3. The van der Waals surface area contributed by atoms with Gasteiger partial charge in [-0.3, -0.25) is 0 Å². The summed E-state index contributed by atoms with van der Waals surface area (Å²) in [7, 11) is 0. The first-order valence-corrected chi connectivity index (χ1v) is 8.03. The SMILES string of the molecule is Oc1ccccc1/C(=C/SCc1ccccc1)c1ncc[nH]1. The van der Waals surface area contributed by atoms with Gasteiger partial charge < -0.3 is 10.1 Å². The number of para-hydroxylation sites is 1. The predicted molar refractivity (Wildman–Crippen MR) is 91.5 cm³/mol. The predicted octanol–water partition coefficient (Wildman–Crippen LogP) is 4.44. The average Bonchev–Trinajstić information content (AvgIpc) is 3.08. The summed E-state index contributed by atoms with van der Waals surface area (Å²) in [5, 5.41) is 12.1. The Hall–Kier alpha value is -2.46. The smallest absolute Gasteiger partial charge is 0.138 e. The number of aromatic amines is 1. The molecule has 0 fully saturated rings. The monoisotopic (exact) mass is 308 g/mol. The van der Waals surface area contributed by atoms with E-state index in [9.17, 15) is 5.11 Å². The lowest BCUT2D eigenvalue weighted by atomic mass is 10.1. The van der Waals surface area contributed by atoms with Gasteiger partial charge in [-0.1, -0.05) is 48.5 Å². The topological polar surface area (TPSA) is 48.9 Å². The lowest BCUT2D eigenvalue weighted by molar-refractivity contribution is 0.473. The van der Waals surface area contributed by atoms with Crippen LogP contribution >= 0.6 is 11.8 Å². The second-order valence-electron chi connectivity index (χ2n) is 4.78. The van der Waals surface area contributed by atoms with Gasteiger partial charge in [0.1, 0.15) is 11.6 Å². The van der Waals surface area contributed by atoms with Crippen LogP contribution in [-0.4, -0.2) is 15.1 Å². The molecule has 0 aliphatic rings. The molecule has 110 valence electrons. The van der Waals surface area contributed by atoms with Crippen LogP contribution in [0.3, 0.4) is 0 Å². The number of nitrogens with zero attached hydrogens (tertiary/aromatic N) is 1. The van der Waals surface area contributed by atoms with Crippen LogP contribution in [0, 0.1) is 0 Å². The number of H-pyrrole nitrogens is 1. The zero-order valence-electron chi connectivity index (χ0n) is 11.9. The molecule has 0 bridgehead atoms. The van der Waals surface area contributed by atoms with Crippen LogP contribution in [0.2, 0.25) is 0 Å². The highest BCUT2D eigenvalue weighted by Crippen LogP contribution is 2.31. The largest absolute Gasteiger partial charge is 0.507 e. The van der Waals surface area contributed by atoms with E-state index in [-0.39, 0.29) is 5.75 Å². The van der Waals surface area contributed by atoms with Crippen LogP contribution in [0.15, 0.2) is 72.4 Å². The van der Waals surface area contributed by atoms with Crippen LogP contribution in [0.25, 0.3) is 5.57 Å². The summed E-state index contributed by atoms with van der Waals surface area (Å²) in [6.07, 6.45) is 3.50. The Labute approximate surface area is 133 Å². The highest BCUT2D eigenvalue weighted by Gasteiger charge is 2.11. The minimum Gasteiger partial charge on any atom is -0.507 e. The van der Waals surface area contributed by atoms with E-state index in [0.29, 0.717) is 0 Å². The number of imidazole rings is 1. The van der Waals surface area contributed by atoms with Gasteiger partial charge in [0.05, 0.1) is 0 Å².